The van der Waals surface area contributed by atoms with Crippen LogP contribution in [0.1, 0.15) is 64.7 Å². The van der Waals surface area contributed by atoms with Gasteiger partial charge in [0, 0.05) is 17.5 Å². The predicted octanol–water partition coefficient (Wildman–Crippen LogP) is 3.01. The van der Waals surface area contributed by atoms with E-state index in [0.717, 1.165) is 38.5 Å². The zero-order chi connectivity index (χ0) is 13.5. The minimum Gasteiger partial charge on any atom is -0.352 e. The van der Waals surface area contributed by atoms with E-state index in [1.165, 1.54) is 19.3 Å². The van der Waals surface area contributed by atoms with Crippen LogP contribution in [0.25, 0.3) is 0 Å². The van der Waals surface area contributed by atoms with Gasteiger partial charge in [-0.15, -0.1) is 12.4 Å². The molecular weight excluding hydrogens is 272 g/mol. The molecule has 3 fully saturated rings. The van der Waals surface area contributed by atoms with E-state index in [0.29, 0.717) is 29.8 Å². The topological polar surface area (TPSA) is 55.1 Å². The van der Waals surface area contributed by atoms with Crippen molar-refractivity contribution in [3.8, 4) is 0 Å². The second-order valence-corrected chi connectivity index (χ2v) is 7.21. The van der Waals surface area contributed by atoms with Gasteiger partial charge in [-0.2, -0.15) is 0 Å². The zero-order valence-corrected chi connectivity index (χ0v) is 13.4. The smallest absolute Gasteiger partial charge is 0.226 e. The Labute approximate surface area is 128 Å². The van der Waals surface area contributed by atoms with Crippen molar-refractivity contribution in [1.82, 2.24) is 5.32 Å². The number of carbonyl (C=O) groups excluding carboxylic acids is 1. The van der Waals surface area contributed by atoms with Gasteiger partial charge < -0.3 is 11.1 Å². The van der Waals surface area contributed by atoms with Crippen LogP contribution in [-0.2, 0) is 4.79 Å². The molecule has 3 nitrogen and oxygen atoms in total. The van der Waals surface area contributed by atoms with Crippen LogP contribution in [0.3, 0.4) is 0 Å². The molecule has 1 amide bonds. The first-order chi connectivity index (χ1) is 9.14. The Morgan fingerprint density at radius 3 is 2.35 bits per heavy atom. The fraction of sp³-hybridized carbons (Fsp3) is 0.938. The Morgan fingerprint density at radius 1 is 1.25 bits per heavy atom. The fourth-order valence-electron chi connectivity index (χ4n) is 4.55. The van der Waals surface area contributed by atoms with Crippen molar-refractivity contribution < 1.29 is 4.79 Å². The molecule has 116 valence electrons. The van der Waals surface area contributed by atoms with Crippen LogP contribution >= 0.6 is 12.4 Å². The van der Waals surface area contributed by atoms with Crippen LogP contribution in [0.2, 0.25) is 0 Å². The molecule has 20 heavy (non-hydrogen) atoms. The summed E-state index contributed by atoms with van der Waals surface area (Å²) in [5.41, 5.74) is 6.17. The maximum atomic E-state index is 12.6. The third-order valence-corrected chi connectivity index (χ3v) is 5.74. The largest absolute Gasteiger partial charge is 0.352 e. The minimum absolute atomic E-state index is 0. The Hall–Kier alpha value is -0.280. The molecule has 3 N–H and O–H groups in total. The third kappa shape index (κ3) is 2.99. The van der Waals surface area contributed by atoms with Gasteiger partial charge in [0.1, 0.15) is 0 Å². The molecule has 3 aliphatic carbocycles. The predicted molar refractivity (Wildman–Crippen MR) is 83.8 cm³/mol. The number of rotatable bonds is 4. The number of nitrogens with one attached hydrogen (secondary N) is 1. The van der Waals surface area contributed by atoms with Crippen LogP contribution in [0, 0.1) is 17.3 Å². The molecule has 2 atom stereocenters. The van der Waals surface area contributed by atoms with Gasteiger partial charge in [-0.3, -0.25) is 4.79 Å². The van der Waals surface area contributed by atoms with E-state index in [9.17, 15) is 4.79 Å². The number of hydrogen-bond acceptors (Lipinski definition) is 2. The van der Waals surface area contributed by atoms with Crippen molar-refractivity contribution in [3.05, 3.63) is 0 Å². The van der Waals surface area contributed by atoms with Gasteiger partial charge in [0.2, 0.25) is 5.91 Å². The molecule has 2 unspecified atom stereocenters. The van der Waals surface area contributed by atoms with E-state index in [2.05, 4.69) is 12.2 Å². The van der Waals surface area contributed by atoms with Gasteiger partial charge in [-0.1, -0.05) is 19.8 Å². The minimum atomic E-state index is 0. The Bertz CT molecular complexity index is 342. The average molecular weight is 301 g/mol. The summed E-state index contributed by atoms with van der Waals surface area (Å²) in [6.45, 7) is 2.18. The van der Waals surface area contributed by atoms with E-state index in [-0.39, 0.29) is 17.8 Å². The van der Waals surface area contributed by atoms with Gasteiger partial charge in [0.05, 0.1) is 0 Å². The molecule has 4 heteroatoms. The van der Waals surface area contributed by atoms with Crippen LogP contribution in [0.4, 0.5) is 0 Å². The Morgan fingerprint density at radius 2 is 1.85 bits per heavy atom. The molecule has 3 rings (SSSR count). The lowest BCUT2D eigenvalue weighted by atomic mass is 9.67. The number of hydrogen-bond donors (Lipinski definition) is 2. The van der Waals surface area contributed by atoms with Gasteiger partial charge in [0.25, 0.3) is 0 Å². The van der Waals surface area contributed by atoms with E-state index in [1.807, 2.05) is 0 Å². The molecule has 0 aliphatic heterocycles. The van der Waals surface area contributed by atoms with Crippen molar-refractivity contribution in [2.24, 2.45) is 23.0 Å². The summed E-state index contributed by atoms with van der Waals surface area (Å²) in [7, 11) is 0. The SMILES string of the molecule is CCCC1(C(=O)NC2C3CCCC2CC(N)C3)CC1.Cl. The molecule has 0 radical (unpaired) electrons. The molecule has 0 aromatic rings. The van der Waals surface area contributed by atoms with E-state index >= 15 is 0 Å². The van der Waals surface area contributed by atoms with Gasteiger partial charge >= 0.3 is 0 Å². The lowest BCUT2D eigenvalue weighted by molar-refractivity contribution is -0.129. The summed E-state index contributed by atoms with van der Waals surface area (Å²) in [5.74, 6) is 1.64. The Kier molecular flexibility index (Phi) is 5.01. The molecule has 2 bridgehead atoms. The van der Waals surface area contributed by atoms with Crippen LogP contribution in [0.15, 0.2) is 0 Å². The molecular formula is C16H29ClN2O. The average Bonchev–Trinajstić information content (AvgIpc) is 3.12. The molecule has 3 saturated carbocycles. The molecule has 0 saturated heterocycles. The van der Waals surface area contributed by atoms with Crippen molar-refractivity contribution >= 4 is 18.3 Å². The number of fused-ring (bicyclic) bond motifs is 2. The summed E-state index contributed by atoms with van der Waals surface area (Å²) in [6, 6.07) is 0.796. The lowest BCUT2D eigenvalue weighted by Gasteiger charge is -2.45. The first-order valence-corrected chi connectivity index (χ1v) is 8.21. The highest BCUT2D eigenvalue weighted by atomic mass is 35.5. The molecule has 0 heterocycles. The van der Waals surface area contributed by atoms with Gasteiger partial charge in [-0.25, -0.2) is 0 Å². The quantitative estimate of drug-likeness (QED) is 0.838. The number of carbonyl (C=O) groups is 1. The second kappa shape index (κ2) is 6.23. The second-order valence-electron chi connectivity index (χ2n) is 7.21. The van der Waals surface area contributed by atoms with E-state index in [1.54, 1.807) is 0 Å². The Balaban J connectivity index is 0.00000147. The standard InChI is InChI=1S/C16H28N2O.ClH/c1-2-6-16(7-8-16)15(19)18-14-11-4-3-5-12(14)10-13(17)9-11;/h11-14H,2-10,17H2,1H3,(H,18,19);1H. The first-order valence-electron chi connectivity index (χ1n) is 8.21. The monoisotopic (exact) mass is 300 g/mol. The van der Waals surface area contributed by atoms with Crippen molar-refractivity contribution in [2.45, 2.75) is 76.8 Å². The van der Waals surface area contributed by atoms with Crippen LogP contribution in [0.5, 0.6) is 0 Å². The van der Waals surface area contributed by atoms with E-state index in [4.69, 9.17) is 5.73 Å². The molecule has 0 aromatic carbocycles. The number of amides is 1. The summed E-state index contributed by atoms with van der Waals surface area (Å²) in [6.07, 6.45) is 10.5. The number of halogens is 1. The van der Waals surface area contributed by atoms with Gasteiger partial charge in [-0.05, 0) is 56.8 Å². The first kappa shape index (κ1) is 16.1. The highest BCUT2D eigenvalue weighted by Crippen LogP contribution is 2.50. The fourth-order valence-corrected chi connectivity index (χ4v) is 4.55. The lowest BCUT2D eigenvalue weighted by Crippen LogP contribution is -2.55. The van der Waals surface area contributed by atoms with E-state index < -0.39 is 0 Å². The van der Waals surface area contributed by atoms with Crippen molar-refractivity contribution in [2.75, 3.05) is 0 Å². The van der Waals surface area contributed by atoms with Crippen LogP contribution < -0.4 is 11.1 Å². The summed E-state index contributed by atoms with van der Waals surface area (Å²) in [4.78, 5) is 12.6. The third-order valence-electron chi connectivity index (χ3n) is 5.74. The van der Waals surface area contributed by atoms with Crippen molar-refractivity contribution in [3.63, 3.8) is 0 Å². The molecule has 0 spiro atoms. The number of nitrogens with two attached hydrogens (primary N) is 1. The summed E-state index contributed by atoms with van der Waals surface area (Å²) < 4.78 is 0. The summed E-state index contributed by atoms with van der Waals surface area (Å²) in [5, 5.41) is 3.43. The summed E-state index contributed by atoms with van der Waals surface area (Å²) >= 11 is 0. The zero-order valence-electron chi connectivity index (χ0n) is 12.6. The maximum absolute atomic E-state index is 12.6. The highest BCUT2D eigenvalue weighted by molar-refractivity contribution is 5.85. The molecule has 0 aromatic heterocycles. The van der Waals surface area contributed by atoms with Gasteiger partial charge in [0.15, 0.2) is 0 Å². The maximum Gasteiger partial charge on any atom is 0.226 e. The normalized spacial score (nSPS) is 37.7. The van der Waals surface area contributed by atoms with Crippen molar-refractivity contribution in [1.29, 1.82) is 0 Å². The van der Waals surface area contributed by atoms with Crippen LogP contribution in [-0.4, -0.2) is 18.0 Å². The molecule has 3 aliphatic rings. The highest BCUT2D eigenvalue weighted by Gasteiger charge is 2.50.